The van der Waals surface area contributed by atoms with Crippen LogP contribution in [0.15, 0.2) is 12.1 Å². The first-order valence-corrected chi connectivity index (χ1v) is 6.44. The molecule has 19 heavy (non-hydrogen) atoms. The molecule has 0 fully saturated rings. The number of nitrogens with one attached hydrogen (secondary N) is 2. The van der Waals surface area contributed by atoms with E-state index in [0.29, 0.717) is 23.9 Å². The number of rotatable bonds is 6. The lowest BCUT2D eigenvalue weighted by atomic mass is 10.0. The molecule has 0 aromatic carbocycles. The molecule has 0 radical (unpaired) electrons. The van der Waals surface area contributed by atoms with E-state index < -0.39 is 0 Å². The van der Waals surface area contributed by atoms with Crippen LogP contribution in [0, 0.1) is 12.8 Å². The standard InChI is InChI=1S/C14H23N3O2/c1-9(2)12(8-19-5)17-14(18)11-6-10(3)16-13(7-11)15-4/h6-7,9,12H,8H2,1-5H3,(H,15,16)(H,17,18). The Labute approximate surface area is 114 Å². The Bertz CT molecular complexity index is 433. The molecule has 1 aromatic heterocycles. The van der Waals surface area contributed by atoms with Crippen molar-refractivity contribution in [2.45, 2.75) is 26.8 Å². The quantitative estimate of drug-likeness (QED) is 0.823. The molecule has 5 nitrogen and oxygen atoms in total. The van der Waals surface area contributed by atoms with Crippen LogP contribution in [0.4, 0.5) is 5.82 Å². The van der Waals surface area contributed by atoms with Gasteiger partial charge in [-0.05, 0) is 25.0 Å². The van der Waals surface area contributed by atoms with Crippen molar-refractivity contribution >= 4 is 11.7 Å². The first-order chi connectivity index (χ1) is 8.97. The summed E-state index contributed by atoms with van der Waals surface area (Å²) in [7, 11) is 3.42. The van der Waals surface area contributed by atoms with Crippen molar-refractivity contribution in [2.24, 2.45) is 5.92 Å². The second-order valence-electron chi connectivity index (χ2n) is 4.91. The summed E-state index contributed by atoms with van der Waals surface area (Å²) < 4.78 is 5.13. The average molecular weight is 265 g/mol. The van der Waals surface area contributed by atoms with Gasteiger partial charge in [0.25, 0.3) is 5.91 Å². The first kappa shape index (κ1) is 15.4. The molecule has 106 valence electrons. The monoisotopic (exact) mass is 265 g/mol. The lowest BCUT2D eigenvalue weighted by Gasteiger charge is -2.21. The maximum atomic E-state index is 12.2. The highest BCUT2D eigenvalue weighted by Crippen LogP contribution is 2.11. The number of carbonyl (C=O) groups excluding carboxylic acids is 1. The van der Waals surface area contributed by atoms with E-state index in [9.17, 15) is 4.79 Å². The van der Waals surface area contributed by atoms with Crippen molar-refractivity contribution in [2.75, 3.05) is 26.1 Å². The second kappa shape index (κ2) is 7.09. The van der Waals surface area contributed by atoms with Crippen LogP contribution in [0.25, 0.3) is 0 Å². The molecule has 1 atom stereocenters. The Hall–Kier alpha value is -1.62. The smallest absolute Gasteiger partial charge is 0.251 e. The van der Waals surface area contributed by atoms with E-state index in [0.717, 1.165) is 5.69 Å². The zero-order valence-electron chi connectivity index (χ0n) is 12.3. The van der Waals surface area contributed by atoms with Gasteiger partial charge >= 0.3 is 0 Å². The van der Waals surface area contributed by atoms with Gasteiger partial charge in [0.2, 0.25) is 0 Å². The van der Waals surface area contributed by atoms with Gasteiger partial charge in [-0.2, -0.15) is 0 Å². The maximum absolute atomic E-state index is 12.2. The Morgan fingerprint density at radius 2 is 2.11 bits per heavy atom. The molecule has 0 aliphatic carbocycles. The van der Waals surface area contributed by atoms with E-state index in [-0.39, 0.29) is 11.9 Å². The number of methoxy groups -OCH3 is 1. The normalized spacial score (nSPS) is 12.3. The lowest BCUT2D eigenvalue weighted by molar-refractivity contribution is 0.0866. The van der Waals surface area contributed by atoms with Crippen molar-refractivity contribution in [3.63, 3.8) is 0 Å². The predicted octanol–water partition coefficient (Wildman–Crippen LogP) is 1.83. The number of anilines is 1. The van der Waals surface area contributed by atoms with Gasteiger partial charge in [0.1, 0.15) is 5.82 Å². The summed E-state index contributed by atoms with van der Waals surface area (Å²) in [6.07, 6.45) is 0. The molecule has 0 aliphatic heterocycles. The van der Waals surface area contributed by atoms with E-state index in [1.165, 1.54) is 0 Å². The van der Waals surface area contributed by atoms with Crippen molar-refractivity contribution in [1.29, 1.82) is 0 Å². The molecule has 0 saturated carbocycles. The number of aromatic nitrogens is 1. The molecule has 1 heterocycles. The summed E-state index contributed by atoms with van der Waals surface area (Å²) in [5, 5.41) is 5.94. The minimum Gasteiger partial charge on any atom is -0.383 e. The molecule has 1 amide bonds. The van der Waals surface area contributed by atoms with Crippen LogP contribution in [0.2, 0.25) is 0 Å². The van der Waals surface area contributed by atoms with Crippen LogP contribution in [0.1, 0.15) is 29.9 Å². The first-order valence-electron chi connectivity index (χ1n) is 6.44. The third-order valence-corrected chi connectivity index (χ3v) is 2.94. The Morgan fingerprint density at radius 1 is 1.42 bits per heavy atom. The molecule has 2 N–H and O–H groups in total. The Balaban J connectivity index is 2.84. The van der Waals surface area contributed by atoms with Crippen LogP contribution in [0.5, 0.6) is 0 Å². The number of ether oxygens (including phenoxy) is 1. The number of nitrogens with zero attached hydrogens (tertiary/aromatic N) is 1. The van der Waals surface area contributed by atoms with Crippen LogP contribution in [-0.4, -0.2) is 37.7 Å². The fraction of sp³-hybridized carbons (Fsp3) is 0.571. The maximum Gasteiger partial charge on any atom is 0.251 e. The summed E-state index contributed by atoms with van der Waals surface area (Å²) >= 11 is 0. The van der Waals surface area contributed by atoms with Gasteiger partial charge in [-0.25, -0.2) is 4.98 Å². The van der Waals surface area contributed by atoms with Gasteiger partial charge in [0.05, 0.1) is 12.6 Å². The zero-order valence-corrected chi connectivity index (χ0v) is 12.3. The van der Waals surface area contributed by atoms with E-state index in [1.54, 1.807) is 26.3 Å². The second-order valence-corrected chi connectivity index (χ2v) is 4.91. The van der Waals surface area contributed by atoms with Crippen molar-refractivity contribution in [3.05, 3.63) is 23.4 Å². The van der Waals surface area contributed by atoms with Gasteiger partial charge in [0, 0.05) is 25.4 Å². The zero-order chi connectivity index (χ0) is 14.4. The van der Waals surface area contributed by atoms with Crippen molar-refractivity contribution < 1.29 is 9.53 Å². The third-order valence-electron chi connectivity index (χ3n) is 2.94. The number of carbonyl (C=O) groups is 1. The molecule has 5 heteroatoms. The highest BCUT2D eigenvalue weighted by molar-refractivity contribution is 5.95. The van der Waals surface area contributed by atoms with E-state index in [2.05, 4.69) is 29.5 Å². The third kappa shape index (κ3) is 4.52. The predicted molar refractivity (Wildman–Crippen MR) is 76.5 cm³/mol. The van der Waals surface area contributed by atoms with Crippen LogP contribution in [0.3, 0.4) is 0 Å². The number of hydrogen-bond donors (Lipinski definition) is 2. The highest BCUT2D eigenvalue weighted by Gasteiger charge is 2.17. The number of hydrogen-bond acceptors (Lipinski definition) is 4. The fourth-order valence-corrected chi connectivity index (χ4v) is 1.76. The highest BCUT2D eigenvalue weighted by atomic mass is 16.5. The van der Waals surface area contributed by atoms with Gasteiger partial charge in [-0.15, -0.1) is 0 Å². The largest absolute Gasteiger partial charge is 0.383 e. The van der Waals surface area contributed by atoms with Gasteiger partial charge in [-0.1, -0.05) is 13.8 Å². The Morgan fingerprint density at radius 3 is 2.63 bits per heavy atom. The van der Waals surface area contributed by atoms with Gasteiger partial charge in [0.15, 0.2) is 0 Å². The van der Waals surface area contributed by atoms with Crippen LogP contribution < -0.4 is 10.6 Å². The van der Waals surface area contributed by atoms with Crippen molar-refractivity contribution in [3.8, 4) is 0 Å². The molecule has 1 aromatic rings. The molecule has 0 spiro atoms. The molecular formula is C14H23N3O2. The van der Waals surface area contributed by atoms with E-state index in [1.807, 2.05) is 6.92 Å². The van der Waals surface area contributed by atoms with Gasteiger partial charge < -0.3 is 15.4 Å². The molecule has 1 rings (SSSR count). The summed E-state index contributed by atoms with van der Waals surface area (Å²) in [5.41, 5.74) is 1.42. The lowest BCUT2D eigenvalue weighted by Crippen LogP contribution is -2.41. The van der Waals surface area contributed by atoms with E-state index >= 15 is 0 Å². The van der Waals surface area contributed by atoms with E-state index in [4.69, 9.17) is 4.74 Å². The summed E-state index contributed by atoms with van der Waals surface area (Å²) in [6.45, 7) is 6.49. The number of amides is 1. The minimum atomic E-state index is -0.0993. The summed E-state index contributed by atoms with van der Waals surface area (Å²) in [6, 6.07) is 3.52. The Kier molecular flexibility index (Phi) is 5.76. The minimum absolute atomic E-state index is 0.00371. The van der Waals surface area contributed by atoms with Crippen molar-refractivity contribution in [1.82, 2.24) is 10.3 Å². The molecular weight excluding hydrogens is 242 g/mol. The molecule has 0 bridgehead atoms. The topological polar surface area (TPSA) is 63.2 Å². The molecule has 0 aliphatic rings. The summed E-state index contributed by atoms with van der Waals surface area (Å²) in [4.78, 5) is 16.5. The van der Waals surface area contributed by atoms with Crippen LogP contribution in [-0.2, 0) is 4.74 Å². The summed E-state index contributed by atoms with van der Waals surface area (Å²) in [5.74, 6) is 0.909. The molecule has 1 unspecified atom stereocenters. The van der Waals surface area contributed by atoms with Gasteiger partial charge in [-0.3, -0.25) is 4.79 Å². The molecule has 0 saturated heterocycles. The fourth-order valence-electron chi connectivity index (χ4n) is 1.76. The SMILES string of the molecule is CNc1cc(C(=O)NC(COC)C(C)C)cc(C)n1. The average Bonchev–Trinajstić information content (AvgIpc) is 2.37. The number of pyridine rings is 1. The number of aryl methyl sites for hydroxylation is 1. The van der Waals surface area contributed by atoms with Crippen LogP contribution >= 0.6 is 0 Å².